The summed E-state index contributed by atoms with van der Waals surface area (Å²) in [4.78, 5) is 11.5. The zero-order chi connectivity index (χ0) is 13.1. The van der Waals surface area contributed by atoms with Gasteiger partial charge in [0.1, 0.15) is 12.1 Å². The molecule has 4 heteroatoms. The monoisotopic (exact) mass is 260 g/mol. The topological polar surface area (TPSA) is 41.0 Å². The lowest BCUT2D eigenvalue weighted by Crippen LogP contribution is -2.37. The van der Waals surface area contributed by atoms with Crippen molar-refractivity contribution in [2.45, 2.75) is 39.0 Å². The molecule has 0 unspecified atom stereocenters. The van der Waals surface area contributed by atoms with Gasteiger partial charge in [-0.1, -0.05) is 0 Å². The van der Waals surface area contributed by atoms with E-state index in [1.807, 2.05) is 0 Å². The van der Waals surface area contributed by atoms with E-state index in [0.29, 0.717) is 0 Å². The molecule has 104 valence electrons. The van der Waals surface area contributed by atoms with Gasteiger partial charge in [0.05, 0.1) is 0 Å². The molecular formula is C15H24N4. The molecule has 3 rings (SSSR count). The number of anilines is 1. The molecule has 2 aliphatic rings. The molecule has 1 N–H and O–H groups in total. The third-order valence-corrected chi connectivity index (χ3v) is 4.47. The van der Waals surface area contributed by atoms with Crippen LogP contribution in [-0.2, 0) is 12.8 Å². The van der Waals surface area contributed by atoms with E-state index in [1.54, 1.807) is 6.33 Å². The summed E-state index contributed by atoms with van der Waals surface area (Å²) in [6, 6.07) is 0. The van der Waals surface area contributed by atoms with Gasteiger partial charge in [0.25, 0.3) is 0 Å². The van der Waals surface area contributed by atoms with Crippen molar-refractivity contribution in [3.05, 3.63) is 17.6 Å². The highest BCUT2D eigenvalue weighted by Crippen LogP contribution is 2.28. The van der Waals surface area contributed by atoms with Crippen molar-refractivity contribution in [1.82, 2.24) is 15.3 Å². The number of piperidine rings is 1. The highest BCUT2D eigenvalue weighted by molar-refractivity contribution is 5.50. The minimum absolute atomic E-state index is 0.813. The fourth-order valence-corrected chi connectivity index (χ4v) is 3.36. The molecule has 0 amide bonds. The lowest BCUT2D eigenvalue weighted by atomic mass is 9.97. The second-order valence-electron chi connectivity index (χ2n) is 5.71. The first kappa shape index (κ1) is 12.9. The summed E-state index contributed by atoms with van der Waals surface area (Å²) in [5.41, 5.74) is 2.70. The molecule has 1 fully saturated rings. The lowest BCUT2D eigenvalue weighted by Gasteiger charge is -2.31. The fraction of sp³-hybridized carbons (Fsp3) is 0.733. The van der Waals surface area contributed by atoms with Crippen molar-refractivity contribution in [1.29, 1.82) is 0 Å². The first-order valence-electron chi connectivity index (χ1n) is 7.67. The predicted molar refractivity (Wildman–Crippen MR) is 77.5 cm³/mol. The van der Waals surface area contributed by atoms with E-state index in [9.17, 15) is 0 Å². The number of fused-ring (bicyclic) bond motifs is 1. The summed E-state index contributed by atoms with van der Waals surface area (Å²) in [5, 5.41) is 3.44. The quantitative estimate of drug-likeness (QED) is 0.896. The Morgan fingerprint density at radius 2 is 2.11 bits per heavy atom. The SMILES string of the molecule is CCN(CC1CCNCC1)c1ncnc2c1CCC2. The predicted octanol–water partition coefficient (Wildman–Crippen LogP) is 1.79. The zero-order valence-corrected chi connectivity index (χ0v) is 11.9. The molecule has 1 aliphatic heterocycles. The number of aryl methyl sites for hydroxylation is 1. The largest absolute Gasteiger partial charge is 0.356 e. The molecule has 0 spiro atoms. The molecule has 0 saturated carbocycles. The van der Waals surface area contributed by atoms with Gasteiger partial charge in [-0.2, -0.15) is 0 Å². The van der Waals surface area contributed by atoms with Crippen molar-refractivity contribution in [3.8, 4) is 0 Å². The van der Waals surface area contributed by atoms with Crippen LogP contribution in [-0.4, -0.2) is 36.1 Å². The van der Waals surface area contributed by atoms with Gasteiger partial charge < -0.3 is 10.2 Å². The van der Waals surface area contributed by atoms with Gasteiger partial charge in [-0.05, 0) is 58.0 Å². The van der Waals surface area contributed by atoms with E-state index in [-0.39, 0.29) is 0 Å². The smallest absolute Gasteiger partial charge is 0.135 e. The van der Waals surface area contributed by atoms with Crippen molar-refractivity contribution in [2.24, 2.45) is 5.92 Å². The normalized spacial score (nSPS) is 19.4. The summed E-state index contributed by atoms with van der Waals surface area (Å²) in [7, 11) is 0. The number of rotatable bonds is 4. The van der Waals surface area contributed by atoms with Crippen LogP contribution in [0.25, 0.3) is 0 Å². The highest BCUT2D eigenvalue weighted by Gasteiger charge is 2.23. The van der Waals surface area contributed by atoms with E-state index in [1.165, 1.54) is 49.4 Å². The summed E-state index contributed by atoms with van der Waals surface area (Å²) in [5.74, 6) is 2.02. The van der Waals surface area contributed by atoms with Crippen LogP contribution in [0.5, 0.6) is 0 Å². The Hall–Kier alpha value is -1.16. The lowest BCUT2D eigenvalue weighted by molar-refractivity contribution is 0.374. The number of aromatic nitrogens is 2. The fourth-order valence-electron chi connectivity index (χ4n) is 3.36. The van der Waals surface area contributed by atoms with Crippen LogP contribution >= 0.6 is 0 Å². The molecular weight excluding hydrogens is 236 g/mol. The van der Waals surface area contributed by atoms with Crippen LogP contribution in [0.4, 0.5) is 5.82 Å². The van der Waals surface area contributed by atoms with Crippen LogP contribution < -0.4 is 10.2 Å². The van der Waals surface area contributed by atoms with Gasteiger partial charge in [-0.25, -0.2) is 9.97 Å². The van der Waals surface area contributed by atoms with Crippen LogP contribution in [0.3, 0.4) is 0 Å². The summed E-state index contributed by atoms with van der Waals surface area (Å²) in [6.07, 6.45) is 7.88. The Morgan fingerprint density at radius 3 is 2.89 bits per heavy atom. The van der Waals surface area contributed by atoms with Crippen molar-refractivity contribution >= 4 is 5.82 Å². The molecule has 1 saturated heterocycles. The number of hydrogen-bond acceptors (Lipinski definition) is 4. The van der Waals surface area contributed by atoms with E-state index < -0.39 is 0 Å². The Balaban J connectivity index is 1.76. The highest BCUT2D eigenvalue weighted by atomic mass is 15.2. The molecule has 1 aromatic rings. The first-order chi connectivity index (χ1) is 9.38. The molecule has 2 heterocycles. The van der Waals surface area contributed by atoms with Gasteiger partial charge in [-0.15, -0.1) is 0 Å². The maximum atomic E-state index is 4.59. The average Bonchev–Trinajstić information content (AvgIpc) is 2.94. The van der Waals surface area contributed by atoms with E-state index in [0.717, 1.165) is 31.8 Å². The van der Waals surface area contributed by atoms with Crippen LogP contribution in [0.2, 0.25) is 0 Å². The maximum Gasteiger partial charge on any atom is 0.135 e. The first-order valence-corrected chi connectivity index (χ1v) is 7.67. The molecule has 4 nitrogen and oxygen atoms in total. The molecule has 0 aromatic carbocycles. The van der Waals surface area contributed by atoms with Crippen LogP contribution in [0, 0.1) is 5.92 Å². The van der Waals surface area contributed by atoms with Crippen LogP contribution in [0.1, 0.15) is 37.4 Å². The second-order valence-corrected chi connectivity index (χ2v) is 5.71. The van der Waals surface area contributed by atoms with E-state index in [4.69, 9.17) is 0 Å². The summed E-state index contributed by atoms with van der Waals surface area (Å²) in [6.45, 7) is 6.79. The van der Waals surface area contributed by atoms with Gasteiger partial charge in [0.15, 0.2) is 0 Å². The minimum Gasteiger partial charge on any atom is -0.356 e. The molecule has 19 heavy (non-hydrogen) atoms. The van der Waals surface area contributed by atoms with Gasteiger partial charge >= 0.3 is 0 Å². The van der Waals surface area contributed by atoms with Crippen molar-refractivity contribution < 1.29 is 0 Å². The van der Waals surface area contributed by atoms with Crippen LogP contribution in [0.15, 0.2) is 6.33 Å². The van der Waals surface area contributed by atoms with E-state index in [2.05, 4.69) is 27.1 Å². The van der Waals surface area contributed by atoms with Gasteiger partial charge in [0, 0.05) is 24.3 Å². The second kappa shape index (κ2) is 5.87. The molecule has 0 bridgehead atoms. The Bertz CT molecular complexity index is 426. The molecule has 0 radical (unpaired) electrons. The Morgan fingerprint density at radius 1 is 1.26 bits per heavy atom. The van der Waals surface area contributed by atoms with Gasteiger partial charge in [0.2, 0.25) is 0 Å². The number of nitrogens with one attached hydrogen (secondary N) is 1. The van der Waals surface area contributed by atoms with Gasteiger partial charge in [-0.3, -0.25) is 0 Å². The van der Waals surface area contributed by atoms with Crippen molar-refractivity contribution in [3.63, 3.8) is 0 Å². The standard InChI is InChI=1S/C15H24N4/c1-2-19(10-12-6-8-16-9-7-12)15-13-4-3-5-14(13)17-11-18-15/h11-12,16H,2-10H2,1H3. The Labute approximate surface area is 115 Å². The summed E-state index contributed by atoms with van der Waals surface area (Å²) >= 11 is 0. The van der Waals surface area contributed by atoms with E-state index >= 15 is 0 Å². The Kier molecular flexibility index (Phi) is 3.97. The molecule has 0 atom stereocenters. The maximum absolute atomic E-state index is 4.59. The third-order valence-electron chi connectivity index (χ3n) is 4.47. The molecule has 1 aromatic heterocycles. The van der Waals surface area contributed by atoms with Crippen molar-refractivity contribution in [2.75, 3.05) is 31.1 Å². The third kappa shape index (κ3) is 2.73. The number of nitrogens with zero attached hydrogens (tertiary/aromatic N) is 3. The average molecular weight is 260 g/mol. The summed E-state index contributed by atoms with van der Waals surface area (Å²) < 4.78 is 0. The number of hydrogen-bond donors (Lipinski definition) is 1. The zero-order valence-electron chi connectivity index (χ0n) is 11.9. The molecule has 1 aliphatic carbocycles. The minimum atomic E-state index is 0.813.